The Balaban J connectivity index is 1.40. The number of rotatable bonds is 6. The van der Waals surface area contributed by atoms with Gasteiger partial charge in [0, 0.05) is 50.5 Å². The highest BCUT2D eigenvalue weighted by Crippen LogP contribution is 2.37. The number of nitrogens with one attached hydrogen (secondary N) is 1. The molecule has 16 heteroatoms. The van der Waals surface area contributed by atoms with Crippen LogP contribution in [0, 0.1) is 24.1 Å². The highest BCUT2D eigenvalue weighted by molar-refractivity contribution is 5.97. The zero-order valence-electron chi connectivity index (χ0n) is 23.1. The zero-order valence-corrected chi connectivity index (χ0v) is 23.1. The summed E-state index contributed by atoms with van der Waals surface area (Å²) in [6, 6.07) is 3.78. The number of aryl methyl sites for hydroxylation is 1. The maximum Gasteiger partial charge on any atom is 0.435 e. The number of nitriles is 1. The molecule has 1 saturated heterocycles. The van der Waals surface area contributed by atoms with Gasteiger partial charge in [0.05, 0.1) is 35.1 Å². The molecule has 0 radical (unpaired) electrons. The Labute approximate surface area is 242 Å². The van der Waals surface area contributed by atoms with Crippen LogP contribution in [0.4, 0.5) is 29.1 Å². The number of benzene rings is 1. The average Bonchev–Trinajstić information content (AvgIpc) is 3.57. The molecular formula is C27H26F4N10O2. The van der Waals surface area contributed by atoms with Gasteiger partial charge in [-0.25, -0.2) is 14.4 Å². The van der Waals surface area contributed by atoms with Crippen molar-refractivity contribution in [2.24, 2.45) is 5.73 Å². The van der Waals surface area contributed by atoms with Crippen LogP contribution in [0.25, 0.3) is 16.9 Å². The zero-order chi connectivity index (χ0) is 31.1. The van der Waals surface area contributed by atoms with Crippen LogP contribution in [0.5, 0.6) is 0 Å². The third kappa shape index (κ3) is 5.71. The normalized spacial score (nSPS) is 14.6. The summed E-state index contributed by atoms with van der Waals surface area (Å²) in [5.74, 6) is -1.38. The predicted molar refractivity (Wildman–Crippen MR) is 145 cm³/mol. The van der Waals surface area contributed by atoms with Crippen LogP contribution in [0.2, 0.25) is 0 Å². The van der Waals surface area contributed by atoms with Gasteiger partial charge in [0.15, 0.2) is 17.2 Å². The molecule has 1 fully saturated rings. The van der Waals surface area contributed by atoms with Crippen LogP contribution in [-0.4, -0.2) is 78.0 Å². The molecule has 0 unspecified atom stereocenters. The van der Waals surface area contributed by atoms with Crippen molar-refractivity contribution in [1.29, 1.82) is 5.26 Å². The molecule has 5 rings (SSSR count). The Hall–Kier alpha value is -5.04. The van der Waals surface area contributed by atoms with Crippen molar-refractivity contribution in [2.45, 2.75) is 32.6 Å². The van der Waals surface area contributed by atoms with E-state index in [0.29, 0.717) is 5.56 Å². The highest BCUT2D eigenvalue weighted by atomic mass is 19.4. The first-order valence-corrected chi connectivity index (χ1v) is 13.1. The van der Waals surface area contributed by atoms with Gasteiger partial charge in [0.1, 0.15) is 12.4 Å². The minimum absolute atomic E-state index is 0.0583. The fourth-order valence-corrected chi connectivity index (χ4v) is 4.98. The fourth-order valence-electron chi connectivity index (χ4n) is 4.98. The second kappa shape index (κ2) is 11.3. The quantitative estimate of drug-likeness (QED) is 0.322. The lowest BCUT2D eigenvalue weighted by atomic mass is 10.0. The molecule has 0 saturated carbocycles. The number of aromatic nitrogens is 5. The van der Waals surface area contributed by atoms with Crippen molar-refractivity contribution in [1.82, 2.24) is 33.9 Å². The van der Waals surface area contributed by atoms with E-state index in [9.17, 15) is 22.8 Å². The number of fused-ring (bicyclic) bond motifs is 1. The molecule has 1 aliphatic rings. The lowest BCUT2D eigenvalue weighted by molar-refractivity contribution is -0.141. The third-order valence-electron chi connectivity index (χ3n) is 7.00. The number of halogens is 4. The first-order chi connectivity index (χ1) is 20.4. The molecule has 0 bridgehead atoms. The lowest BCUT2D eigenvalue weighted by Crippen LogP contribution is -2.53. The van der Waals surface area contributed by atoms with E-state index in [1.165, 1.54) is 27.9 Å². The van der Waals surface area contributed by atoms with Crippen LogP contribution in [0.3, 0.4) is 0 Å². The van der Waals surface area contributed by atoms with E-state index in [0.717, 1.165) is 16.9 Å². The van der Waals surface area contributed by atoms with Gasteiger partial charge >= 0.3 is 6.18 Å². The van der Waals surface area contributed by atoms with Crippen molar-refractivity contribution < 1.29 is 27.2 Å². The van der Waals surface area contributed by atoms with Gasteiger partial charge in [-0.2, -0.15) is 23.5 Å². The molecule has 4 aromatic rings. The largest absolute Gasteiger partial charge is 0.435 e. The lowest BCUT2D eigenvalue weighted by Gasteiger charge is -2.35. The monoisotopic (exact) mass is 598 g/mol. The number of anilines is 2. The number of carbonyl (C=O) groups is 2. The topological polar surface area (TPSA) is 150 Å². The van der Waals surface area contributed by atoms with E-state index in [4.69, 9.17) is 11.0 Å². The van der Waals surface area contributed by atoms with Crippen molar-refractivity contribution in [3.63, 3.8) is 0 Å². The van der Waals surface area contributed by atoms with Crippen molar-refractivity contribution in [3.8, 4) is 17.3 Å². The molecule has 43 heavy (non-hydrogen) atoms. The molecular weight excluding hydrogens is 572 g/mol. The van der Waals surface area contributed by atoms with Gasteiger partial charge in [0.2, 0.25) is 5.91 Å². The van der Waals surface area contributed by atoms with Crippen LogP contribution in [0.1, 0.15) is 28.5 Å². The number of carbonyl (C=O) groups excluding carboxylic acids is 2. The first kappa shape index (κ1) is 29.5. The Morgan fingerprint density at radius 1 is 1.16 bits per heavy atom. The molecule has 224 valence electrons. The molecule has 0 aliphatic carbocycles. The van der Waals surface area contributed by atoms with Crippen molar-refractivity contribution >= 4 is 29.0 Å². The molecule has 0 spiro atoms. The summed E-state index contributed by atoms with van der Waals surface area (Å²) >= 11 is 0. The van der Waals surface area contributed by atoms with E-state index >= 15 is 4.39 Å². The molecule has 1 aromatic carbocycles. The number of nitrogens with two attached hydrogens (primary N) is 1. The summed E-state index contributed by atoms with van der Waals surface area (Å²) in [7, 11) is 0. The summed E-state index contributed by atoms with van der Waals surface area (Å²) in [5, 5.41) is 15.4. The number of nitrogens with zero attached hydrogens (tertiary/aromatic N) is 8. The molecule has 4 heterocycles. The summed E-state index contributed by atoms with van der Waals surface area (Å²) in [6.45, 7) is 3.84. The predicted octanol–water partition coefficient (Wildman–Crippen LogP) is 2.96. The number of hydrogen-bond acceptors (Lipinski definition) is 8. The SMILES string of the molecule is Cc1cc(Nc2nccn3c(-c4cn(CC#N)nc4C(F)(F)F)cnc23)cc(F)c1C(=O)N1CCN(C(=O)[C@H](C)N)CC1. The van der Waals surface area contributed by atoms with Gasteiger partial charge in [0.25, 0.3) is 5.91 Å². The van der Waals surface area contributed by atoms with Crippen molar-refractivity contribution in [3.05, 3.63) is 59.6 Å². The van der Waals surface area contributed by atoms with E-state index in [2.05, 4.69) is 20.4 Å². The Morgan fingerprint density at radius 3 is 2.49 bits per heavy atom. The molecule has 1 aliphatic heterocycles. The highest BCUT2D eigenvalue weighted by Gasteiger charge is 2.38. The van der Waals surface area contributed by atoms with Crippen LogP contribution in [-0.2, 0) is 17.5 Å². The molecule has 3 aromatic heterocycles. The number of piperazine rings is 1. The van der Waals surface area contributed by atoms with Crippen molar-refractivity contribution in [2.75, 3.05) is 31.5 Å². The summed E-state index contributed by atoms with van der Waals surface area (Å²) in [6.07, 6.45) is 0.314. The minimum Gasteiger partial charge on any atom is -0.338 e. The van der Waals surface area contributed by atoms with Crippen LogP contribution in [0.15, 0.2) is 36.9 Å². The summed E-state index contributed by atoms with van der Waals surface area (Å²) in [5.41, 5.74) is 4.89. The van der Waals surface area contributed by atoms with Gasteiger partial charge < -0.3 is 20.9 Å². The smallest absolute Gasteiger partial charge is 0.338 e. The van der Waals surface area contributed by atoms with Crippen LogP contribution < -0.4 is 11.1 Å². The Bertz CT molecular complexity index is 1720. The standard InChI is InChI=1S/C27H26F4N10O2/c1-15-11-17(12-19(28)21(15)26(43)39-9-7-38(8-10-39)25(42)16(2)33)36-23-24-35-13-20(41(24)6-4-34-23)18-14-40(5-3-32)37-22(18)27(29,30)31/h4,6,11-14,16H,5,7-10,33H2,1-2H3,(H,34,36)/t16-/m0/s1. The Morgan fingerprint density at radius 2 is 1.86 bits per heavy atom. The molecule has 12 nitrogen and oxygen atoms in total. The van der Waals surface area contributed by atoms with E-state index in [1.54, 1.807) is 30.9 Å². The van der Waals surface area contributed by atoms with E-state index in [1.807, 2.05) is 0 Å². The van der Waals surface area contributed by atoms with Gasteiger partial charge in [-0.05, 0) is 31.5 Å². The number of hydrogen-bond donors (Lipinski definition) is 2. The first-order valence-electron chi connectivity index (χ1n) is 13.1. The van der Waals surface area contributed by atoms with Gasteiger partial charge in [-0.15, -0.1) is 0 Å². The maximum absolute atomic E-state index is 15.3. The van der Waals surface area contributed by atoms with Crippen LogP contribution >= 0.6 is 0 Å². The second-order valence-corrected chi connectivity index (χ2v) is 10.0. The summed E-state index contributed by atoms with van der Waals surface area (Å²) in [4.78, 5) is 36.8. The van der Waals surface area contributed by atoms with E-state index < -0.39 is 29.6 Å². The van der Waals surface area contributed by atoms with E-state index in [-0.39, 0.29) is 72.6 Å². The average molecular weight is 599 g/mol. The number of alkyl halides is 3. The van der Waals surface area contributed by atoms with Gasteiger partial charge in [-0.1, -0.05) is 0 Å². The third-order valence-corrected chi connectivity index (χ3v) is 7.00. The van der Waals surface area contributed by atoms with Gasteiger partial charge in [-0.3, -0.25) is 18.7 Å². The number of imidazole rings is 1. The molecule has 2 amide bonds. The maximum atomic E-state index is 15.3. The Kier molecular flexibility index (Phi) is 7.76. The summed E-state index contributed by atoms with van der Waals surface area (Å²) < 4.78 is 58.8. The fraction of sp³-hybridized carbons (Fsp3) is 0.333. The minimum atomic E-state index is -4.78. The molecule has 3 N–H and O–H groups in total. The number of amides is 2. The second-order valence-electron chi connectivity index (χ2n) is 10.0. The molecule has 1 atom stereocenters.